The van der Waals surface area contributed by atoms with Crippen LogP contribution in [0.4, 0.5) is 11.4 Å². The molecule has 1 N–H and O–H groups in total. The van der Waals surface area contributed by atoms with E-state index in [2.05, 4.69) is 9.82 Å². The number of non-ortho nitro benzene ring substituents is 1. The van der Waals surface area contributed by atoms with Crippen LogP contribution in [0.15, 0.2) is 53.4 Å². The summed E-state index contributed by atoms with van der Waals surface area (Å²) in [5.74, 6) is 0.0449. The number of methoxy groups -OCH3 is 1. The van der Waals surface area contributed by atoms with Crippen LogP contribution in [0, 0.1) is 24.0 Å². The first-order valence-corrected chi connectivity index (χ1v) is 9.70. The number of hydrogen-bond donors (Lipinski definition) is 1. The van der Waals surface area contributed by atoms with E-state index in [0.29, 0.717) is 11.4 Å². The molecule has 1 heterocycles. The number of nitro benzene ring substituents is 1. The molecule has 3 rings (SSSR count). The van der Waals surface area contributed by atoms with Crippen LogP contribution in [0.5, 0.6) is 5.75 Å². The van der Waals surface area contributed by atoms with Crippen LogP contribution in [0.1, 0.15) is 11.4 Å². The van der Waals surface area contributed by atoms with Gasteiger partial charge in [-0.25, -0.2) is 13.1 Å². The number of hydrogen-bond acceptors (Lipinski definition) is 6. The second-order valence-corrected chi connectivity index (χ2v) is 7.61. The Kier molecular flexibility index (Phi) is 5.06. The van der Waals surface area contributed by atoms with Crippen LogP contribution < -0.4 is 9.46 Å². The Morgan fingerprint density at radius 1 is 1.14 bits per heavy atom. The fourth-order valence-electron chi connectivity index (χ4n) is 2.91. The predicted octanol–water partition coefficient (Wildman–Crippen LogP) is 3.21. The Labute approximate surface area is 161 Å². The quantitative estimate of drug-likeness (QED) is 0.500. The normalized spacial score (nSPS) is 11.2. The van der Waals surface area contributed by atoms with Gasteiger partial charge in [0.1, 0.15) is 10.6 Å². The Morgan fingerprint density at radius 2 is 1.82 bits per heavy atom. The molecule has 1 aromatic heterocycles. The number of benzene rings is 2. The van der Waals surface area contributed by atoms with E-state index in [9.17, 15) is 18.5 Å². The van der Waals surface area contributed by atoms with Crippen LogP contribution in [0.2, 0.25) is 0 Å². The third-order valence-corrected chi connectivity index (χ3v) is 5.75. The number of aromatic nitrogens is 2. The molecule has 0 saturated carbocycles. The second-order valence-electron chi connectivity index (χ2n) is 5.99. The van der Waals surface area contributed by atoms with Crippen LogP contribution in [-0.2, 0) is 10.0 Å². The zero-order chi connectivity index (χ0) is 20.5. The molecule has 0 aliphatic carbocycles. The van der Waals surface area contributed by atoms with E-state index < -0.39 is 14.9 Å². The van der Waals surface area contributed by atoms with Crippen LogP contribution in [0.3, 0.4) is 0 Å². The maximum absolute atomic E-state index is 13.0. The summed E-state index contributed by atoms with van der Waals surface area (Å²) in [7, 11) is -2.70. The largest absolute Gasteiger partial charge is 0.494 e. The van der Waals surface area contributed by atoms with Crippen molar-refractivity contribution in [1.82, 2.24) is 9.78 Å². The first kappa shape index (κ1) is 19.4. The van der Waals surface area contributed by atoms with Crippen molar-refractivity contribution < 1.29 is 18.1 Å². The van der Waals surface area contributed by atoms with Crippen molar-refractivity contribution in [3.05, 3.63) is 70.0 Å². The third kappa shape index (κ3) is 3.54. The summed E-state index contributed by atoms with van der Waals surface area (Å²) in [6.07, 6.45) is 0. The van der Waals surface area contributed by atoms with Gasteiger partial charge in [-0.15, -0.1) is 0 Å². The second kappa shape index (κ2) is 7.31. The van der Waals surface area contributed by atoms with Gasteiger partial charge < -0.3 is 4.74 Å². The Balaban J connectivity index is 2.03. The van der Waals surface area contributed by atoms with Crippen molar-refractivity contribution in [1.29, 1.82) is 0 Å². The molecule has 0 radical (unpaired) electrons. The number of nitrogens with one attached hydrogen (secondary N) is 1. The lowest BCUT2D eigenvalue weighted by Crippen LogP contribution is -2.15. The molecule has 10 heteroatoms. The topological polar surface area (TPSA) is 116 Å². The number of nitrogens with zero attached hydrogens (tertiary/aromatic N) is 3. The molecule has 146 valence electrons. The average molecular weight is 402 g/mol. The van der Waals surface area contributed by atoms with Crippen molar-refractivity contribution in [2.45, 2.75) is 18.7 Å². The van der Waals surface area contributed by atoms with E-state index in [4.69, 9.17) is 4.74 Å². The van der Waals surface area contributed by atoms with Crippen molar-refractivity contribution >= 4 is 21.4 Å². The highest BCUT2D eigenvalue weighted by Gasteiger charge is 2.26. The van der Waals surface area contributed by atoms with Gasteiger partial charge in [0.2, 0.25) is 0 Å². The summed E-state index contributed by atoms with van der Waals surface area (Å²) >= 11 is 0. The minimum absolute atomic E-state index is 0.0387. The average Bonchev–Trinajstić information content (AvgIpc) is 2.97. The maximum Gasteiger partial charge on any atom is 0.273 e. The number of nitro groups is 1. The summed E-state index contributed by atoms with van der Waals surface area (Å²) in [5, 5.41) is 15.3. The van der Waals surface area contributed by atoms with Gasteiger partial charge in [-0.05, 0) is 32.0 Å². The fraction of sp³-hybridized carbons (Fsp3) is 0.167. The third-order valence-electron chi connectivity index (χ3n) is 4.13. The lowest BCUT2D eigenvalue weighted by Gasteiger charge is -2.12. The van der Waals surface area contributed by atoms with Gasteiger partial charge in [-0.3, -0.25) is 14.8 Å². The van der Waals surface area contributed by atoms with E-state index in [0.717, 1.165) is 11.8 Å². The molecule has 0 aliphatic heterocycles. The minimum atomic E-state index is -4.01. The smallest absolute Gasteiger partial charge is 0.273 e. The molecular weight excluding hydrogens is 384 g/mol. The first-order chi connectivity index (χ1) is 13.2. The van der Waals surface area contributed by atoms with Crippen LogP contribution >= 0.6 is 0 Å². The Morgan fingerprint density at radius 3 is 2.43 bits per heavy atom. The van der Waals surface area contributed by atoms with Crippen LogP contribution in [-0.4, -0.2) is 30.2 Å². The highest BCUT2D eigenvalue weighted by Crippen LogP contribution is 2.32. The number of para-hydroxylation sites is 1. The van der Waals surface area contributed by atoms with E-state index in [1.807, 2.05) is 30.3 Å². The molecule has 9 nitrogen and oxygen atoms in total. The number of aryl methyl sites for hydroxylation is 1. The molecule has 0 atom stereocenters. The van der Waals surface area contributed by atoms with Crippen molar-refractivity contribution in [3.63, 3.8) is 0 Å². The number of sulfonamides is 1. The molecule has 0 aliphatic rings. The van der Waals surface area contributed by atoms with Gasteiger partial charge in [0.15, 0.2) is 0 Å². The molecule has 0 fully saturated rings. The number of rotatable bonds is 6. The van der Waals surface area contributed by atoms with E-state index in [-0.39, 0.29) is 22.0 Å². The monoisotopic (exact) mass is 402 g/mol. The predicted molar refractivity (Wildman–Crippen MR) is 103 cm³/mol. The number of anilines is 1. The summed E-state index contributed by atoms with van der Waals surface area (Å²) in [4.78, 5) is 10.4. The van der Waals surface area contributed by atoms with Gasteiger partial charge in [-0.1, -0.05) is 18.2 Å². The van der Waals surface area contributed by atoms with Gasteiger partial charge in [0.25, 0.3) is 15.7 Å². The molecule has 0 unspecified atom stereocenters. The number of ether oxygens (including phenoxy) is 1. The molecule has 0 bridgehead atoms. The van der Waals surface area contributed by atoms with Crippen molar-refractivity contribution in [2.75, 3.05) is 11.8 Å². The zero-order valence-electron chi connectivity index (χ0n) is 15.4. The maximum atomic E-state index is 13.0. The standard InChI is InChI=1S/C18H18N4O5S/c1-12-18(13(2)21(19-12)14-7-5-4-6-8-14)28(25,26)20-16-10-9-15(22(23)24)11-17(16)27-3/h4-11,20H,1-3H3. The zero-order valence-corrected chi connectivity index (χ0v) is 16.2. The highest BCUT2D eigenvalue weighted by atomic mass is 32.2. The van der Waals surface area contributed by atoms with Crippen LogP contribution in [0.25, 0.3) is 5.69 Å². The summed E-state index contributed by atoms with van der Waals surface area (Å²) in [6.45, 7) is 3.27. The van der Waals surface area contributed by atoms with E-state index in [1.54, 1.807) is 18.5 Å². The molecule has 0 amide bonds. The van der Waals surface area contributed by atoms with Crippen molar-refractivity contribution in [2.24, 2.45) is 0 Å². The van der Waals surface area contributed by atoms with Gasteiger partial charge in [-0.2, -0.15) is 5.10 Å². The van der Waals surface area contributed by atoms with Gasteiger partial charge in [0.05, 0.1) is 40.9 Å². The lowest BCUT2D eigenvalue weighted by atomic mass is 10.2. The van der Waals surface area contributed by atoms with Crippen molar-refractivity contribution in [3.8, 4) is 11.4 Å². The Bertz CT molecular complexity index is 1140. The highest BCUT2D eigenvalue weighted by molar-refractivity contribution is 7.92. The Hall–Kier alpha value is -3.40. The minimum Gasteiger partial charge on any atom is -0.494 e. The molecule has 3 aromatic rings. The molecular formula is C18H18N4O5S. The SMILES string of the molecule is COc1cc([N+](=O)[O-])ccc1NS(=O)(=O)c1c(C)nn(-c2ccccc2)c1C. The summed E-state index contributed by atoms with van der Waals surface area (Å²) in [5.41, 5.74) is 1.40. The lowest BCUT2D eigenvalue weighted by molar-refractivity contribution is -0.384. The molecule has 2 aromatic carbocycles. The van der Waals surface area contributed by atoms with E-state index >= 15 is 0 Å². The molecule has 28 heavy (non-hydrogen) atoms. The fourth-order valence-corrected chi connectivity index (χ4v) is 4.38. The molecule has 0 spiro atoms. The molecule has 0 saturated heterocycles. The first-order valence-electron chi connectivity index (χ1n) is 8.21. The summed E-state index contributed by atoms with van der Waals surface area (Å²) in [6, 6.07) is 12.8. The summed E-state index contributed by atoms with van der Waals surface area (Å²) < 4.78 is 35.1. The van der Waals surface area contributed by atoms with E-state index in [1.165, 1.54) is 19.2 Å². The van der Waals surface area contributed by atoms with Gasteiger partial charge in [0, 0.05) is 6.07 Å². The van der Waals surface area contributed by atoms with Gasteiger partial charge >= 0.3 is 0 Å².